The predicted octanol–water partition coefficient (Wildman–Crippen LogP) is 4.50. The first-order valence-corrected chi connectivity index (χ1v) is 14.6. The van der Waals surface area contributed by atoms with Gasteiger partial charge in [-0.05, 0) is 60.9 Å². The van der Waals surface area contributed by atoms with Crippen molar-refractivity contribution in [2.45, 2.75) is 38.2 Å². The third-order valence-electron chi connectivity index (χ3n) is 6.05. The first-order valence-electron chi connectivity index (χ1n) is 12.0. The standard InChI is InChI=1S/C21H21N3O3S3.C5H10O2/c1-26-17-5-3-2-4-14(17)6-7-16-12-15(8-11-30(22)25)20(28)24-13-18(29-21(16)24)19-23-9-10-27-19;6-5-1-3-7-4-2-5/h2-5,9-10,12-13H,6-8,11,22H2,1H3;5-6H,1-4H2. The molecule has 11 heteroatoms. The lowest BCUT2D eigenvalue weighted by Crippen LogP contribution is -2.19. The van der Waals surface area contributed by atoms with E-state index in [2.05, 4.69) is 17.1 Å². The van der Waals surface area contributed by atoms with Crippen molar-refractivity contribution >= 4 is 39.4 Å². The molecule has 198 valence electrons. The third kappa shape index (κ3) is 7.34. The Labute approximate surface area is 227 Å². The van der Waals surface area contributed by atoms with Crippen molar-refractivity contribution in [3.8, 4) is 16.5 Å². The van der Waals surface area contributed by atoms with Crippen LogP contribution < -0.4 is 9.88 Å². The van der Waals surface area contributed by atoms with Crippen LogP contribution in [0, 0.1) is 4.64 Å². The Morgan fingerprint density at radius 3 is 2.62 bits per heavy atom. The van der Waals surface area contributed by atoms with E-state index >= 15 is 0 Å². The van der Waals surface area contributed by atoms with E-state index in [1.807, 2.05) is 28.8 Å². The predicted molar refractivity (Wildman–Crippen MR) is 149 cm³/mol. The molecule has 5 rings (SSSR count). The molecule has 0 saturated carbocycles. The van der Waals surface area contributed by atoms with E-state index in [9.17, 15) is 4.21 Å². The van der Waals surface area contributed by atoms with E-state index in [4.69, 9.17) is 36.4 Å². The number of hydrogen-bond donors (Lipinski definition) is 2. The summed E-state index contributed by atoms with van der Waals surface area (Å²) in [5.74, 6) is 1.82. The second-order valence-corrected chi connectivity index (χ2v) is 11.2. The van der Waals surface area contributed by atoms with Crippen LogP contribution in [0.1, 0.15) is 29.5 Å². The molecular weight excluding hydrogens is 531 g/mol. The van der Waals surface area contributed by atoms with E-state index in [0.29, 0.717) is 22.7 Å². The minimum absolute atomic E-state index is 0.0891. The van der Waals surface area contributed by atoms with Crippen LogP contribution in [0.25, 0.3) is 15.6 Å². The van der Waals surface area contributed by atoms with Gasteiger partial charge in [0.2, 0.25) is 5.89 Å². The molecule has 37 heavy (non-hydrogen) atoms. The number of aryl methyl sites for hydroxylation is 3. The summed E-state index contributed by atoms with van der Waals surface area (Å²) in [6.07, 6.45) is 8.90. The summed E-state index contributed by atoms with van der Waals surface area (Å²) in [5.41, 5.74) is 3.28. The highest BCUT2D eigenvalue weighted by Crippen LogP contribution is 2.32. The van der Waals surface area contributed by atoms with Crippen molar-refractivity contribution in [1.82, 2.24) is 9.38 Å². The van der Waals surface area contributed by atoms with Gasteiger partial charge < -0.3 is 19.0 Å². The number of hydrogen-bond acceptors (Lipinski definition) is 8. The van der Waals surface area contributed by atoms with Crippen LogP contribution in [0.5, 0.6) is 5.75 Å². The van der Waals surface area contributed by atoms with Gasteiger partial charge in [-0.3, -0.25) is 9.54 Å². The molecule has 3 aromatic heterocycles. The topological polar surface area (TPSA) is 112 Å². The zero-order valence-corrected chi connectivity index (χ0v) is 23.1. The van der Waals surface area contributed by atoms with Crippen LogP contribution in [0.2, 0.25) is 0 Å². The van der Waals surface area contributed by atoms with Crippen molar-refractivity contribution in [3.63, 3.8) is 0 Å². The van der Waals surface area contributed by atoms with E-state index in [1.165, 1.54) is 0 Å². The van der Waals surface area contributed by atoms with E-state index < -0.39 is 11.0 Å². The van der Waals surface area contributed by atoms with Crippen molar-refractivity contribution in [3.05, 3.63) is 70.3 Å². The molecule has 0 aliphatic carbocycles. The van der Waals surface area contributed by atoms with Gasteiger partial charge in [-0.2, -0.15) is 0 Å². The molecule has 0 bridgehead atoms. The fourth-order valence-electron chi connectivity index (χ4n) is 4.09. The number of oxazole rings is 1. The van der Waals surface area contributed by atoms with Crippen molar-refractivity contribution < 1.29 is 23.2 Å². The maximum Gasteiger partial charge on any atom is 0.237 e. The number of nitrogens with zero attached hydrogens (tertiary/aromatic N) is 2. The monoisotopic (exact) mass is 561 g/mol. The summed E-state index contributed by atoms with van der Waals surface area (Å²) >= 11 is 7.32. The second-order valence-electron chi connectivity index (χ2n) is 8.60. The number of ether oxygens (including phenoxy) is 2. The number of benzene rings is 1. The summed E-state index contributed by atoms with van der Waals surface area (Å²) in [7, 11) is 0.320. The minimum atomic E-state index is -1.37. The average molecular weight is 562 g/mol. The minimum Gasteiger partial charge on any atom is -0.496 e. The first kappa shape index (κ1) is 27.6. The van der Waals surface area contributed by atoms with Crippen LogP contribution in [0.3, 0.4) is 0 Å². The lowest BCUT2D eigenvalue weighted by atomic mass is 10.0. The SMILES string of the molecule is COc1ccccc1CCc1cc(CCS(N)=O)c(=S)n2cc(-c3ncco3)sc12.OC1CCOCC1. The zero-order chi connectivity index (χ0) is 26.2. The normalized spacial score (nSPS) is 14.8. The Kier molecular flexibility index (Phi) is 10.0. The summed E-state index contributed by atoms with van der Waals surface area (Å²) in [4.78, 5) is 6.23. The first-order chi connectivity index (χ1) is 18.0. The molecule has 0 radical (unpaired) electrons. The summed E-state index contributed by atoms with van der Waals surface area (Å²) in [6.45, 7) is 1.47. The molecule has 1 aromatic carbocycles. The molecule has 0 amide bonds. The summed E-state index contributed by atoms with van der Waals surface area (Å²) in [6, 6.07) is 10.2. The highest BCUT2D eigenvalue weighted by molar-refractivity contribution is 7.82. The molecule has 1 fully saturated rings. The van der Waals surface area contributed by atoms with E-state index in [1.54, 1.807) is 30.9 Å². The molecule has 1 aliphatic rings. The molecular formula is C26H31N3O5S3. The van der Waals surface area contributed by atoms with E-state index in [-0.39, 0.29) is 6.10 Å². The number of rotatable bonds is 8. The maximum absolute atomic E-state index is 11.4. The summed E-state index contributed by atoms with van der Waals surface area (Å²) < 4.78 is 30.1. The van der Waals surface area contributed by atoms with Crippen LogP contribution in [0.15, 0.2) is 53.4 Å². The summed E-state index contributed by atoms with van der Waals surface area (Å²) in [5, 5.41) is 14.3. The molecule has 4 aromatic rings. The van der Waals surface area contributed by atoms with Gasteiger partial charge in [0.1, 0.15) is 26.4 Å². The number of fused-ring (bicyclic) bond motifs is 1. The van der Waals surface area contributed by atoms with Crippen LogP contribution in [-0.2, 0) is 35.0 Å². The Morgan fingerprint density at radius 1 is 1.22 bits per heavy atom. The van der Waals surface area contributed by atoms with Gasteiger partial charge in [-0.15, -0.1) is 11.3 Å². The molecule has 4 heterocycles. The van der Waals surface area contributed by atoms with Crippen LogP contribution >= 0.6 is 23.6 Å². The van der Waals surface area contributed by atoms with Gasteiger partial charge in [0, 0.05) is 25.2 Å². The molecule has 0 spiro atoms. The van der Waals surface area contributed by atoms with Crippen molar-refractivity contribution in [2.75, 3.05) is 26.1 Å². The highest BCUT2D eigenvalue weighted by atomic mass is 32.2. The number of para-hydroxylation sites is 1. The van der Waals surface area contributed by atoms with Gasteiger partial charge in [-0.25, -0.2) is 9.19 Å². The number of aliphatic hydroxyl groups excluding tert-OH is 1. The van der Waals surface area contributed by atoms with Crippen LogP contribution in [0.4, 0.5) is 0 Å². The molecule has 3 N–H and O–H groups in total. The number of aliphatic hydroxyl groups is 1. The third-order valence-corrected chi connectivity index (χ3v) is 8.27. The Balaban J connectivity index is 0.000000396. The van der Waals surface area contributed by atoms with Gasteiger partial charge >= 0.3 is 0 Å². The largest absolute Gasteiger partial charge is 0.496 e. The molecule has 1 aliphatic heterocycles. The Morgan fingerprint density at radius 2 is 1.97 bits per heavy atom. The Bertz CT molecular complexity index is 1380. The fraction of sp³-hybridized carbons (Fsp3) is 0.385. The quantitative estimate of drug-likeness (QED) is 0.305. The van der Waals surface area contributed by atoms with Crippen LogP contribution in [-0.4, -0.2) is 50.9 Å². The molecule has 1 saturated heterocycles. The van der Waals surface area contributed by atoms with Crippen molar-refractivity contribution in [1.29, 1.82) is 0 Å². The van der Waals surface area contributed by atoms with Crippen molar-refractivity contribution in [2.24, 2.45) is 5.14 Å². The van der Waals surface area contributed by atoms with Gasteiger partial charge in [0.15, 0.2) is 0 Å². The van der Waals surface area contributed by atoms with E-state index in [0.717, 1.165) is 71.0 Å². The smallest absolute Gasteiger partial charge is 0.237 e. The number of pyridine rings is 1. The number of thiazole rings is 1. The zero-order valence-electron chi connectivity index (χ0n) is 20.6. The second kappa shape index (κ2) is 13.4. The van der Waals surface area contributed by atoms with Gasteiger partial charge in [-0.1, -0.05) is 30.4 Å². The fourth-order valence-corrected chi connectivity index (χ4v) is 5.96. The number of methoxy groups -OCH3 is 1. The maximum atomic E-state index is 11.4. The highest BCUT2D eigenvalue weighted by Gasteiger charge is 2.15. The van der Waals surface area contributed by atoms with Gasteiger partial charge in [0.25, 0.3) is 0 Å². The number of aromatic nitrogens is 2. The lowest BCUT2D eigenvalue weighted by Gasteiger charge is -2.15. The average Bonchev–Trinajstić information content (AvgIpc) is 3.59. The van der Waals surface area contributed by atoms with Gasteiger partial charge in [0.05, 0.1) is 30.4 Å². The lowest BCUT2D eigenvalue weighted by molar-refractivity contribution is 0.0140. The molecule has 8 nitrogen and oxygen atoms in total. The number of nitrogens with two attached hydrogens (primary N) is 1. The molecule has 1 unspecified atom stereocenters. The molecule has 1 atom stereocenters. The Hall–Kier alpha value is -2.41.